The first-order valence-electron chi connectivity index (χ1n) is 6.32. The molecule has 2 heteroatoms. The second-order valence-corrected chi connectivity index (χ2v) is 5.24. The van der Waals surface area contributed by atoms with Gasteiger partial charge in [-0.2, -0.15) is 0 Å². The SMILES string of the molecule is CC(C)CCC(C)Cc1ccccc1C(=O)O. The quantitative estimate of drug-likeness (QED) is 0.807. The van der Waals surface area contributed by atoms with E-state index in [1.54, 1.807) is 12.1 Å². The predicted octanol–water partition coefficient (Wildman–Crippen LogP) is 4.00. The Kier molecular flexibility index (Phi) is 5.20. The van der Waals surface area contributed by atoms with E-state index in [1.807, 2.05) is 12.1 Å². The molecule has 0 saturated heterocycles. The van der Waals surface area contributed by atoms with Crippen LogP contribution < -0.4 is 0 Å². The molecule has 0 bridgehead atoms. The van der Waals surface area contributed by atoms with Crippen molar-refractivity contribution in [1.82, 2.24) is 0 Å². The third-order valence-corrected chi connectivity index (χ3v) is 3.05. The van der Waals surface area contributed by atoms with Crippen molar-refractivity contribution in [3.05, 3.63) is 35.4 Å². The van der Waals surface area contributed by atoms with Gasteiger partial charge in [-0.15, -0.1) is 0 Å². The highest BCUT2D eigenvalue weighted by Crippen LogP contribution is 2.19. The van der Waals surface area contributed by atoms with Crippen LogP contribution in [0.15, 0.2) is 24.3 Å². The van der Waals surface area contributed by atoms with E-state index in [9.17, 15) is 4.79 Å². The standard InChI is InChI=1S/C15H22O2/c1-11(2)8-9-12(3)10-13-6-4-5-7-14(13)15(16)17/h4-7,11-12H,8-10H2,1-3H3,(H,16,17). The van der Waals surface area contributed by atoms with E-state index in [4.69, 9.17) is 5.11 Å². The van der Waals surface area contributed by atoms with Crippen LogP contribution >= 0.6 is 0 Å². The summed E-state index contributed by atoms with van der Waals surface area (Å²) in [6, 6.07) is 7.31. The number of carbonyl (C=O) groups is 1. The average Bonchev–Trinajstić information content (AvgIpc) is 2.27. The molecule has 0 heterocycles. The smallest absolute Gasteiger partial charge is 0.335 e. The van der Waals surface area contributed by atoms with Gasteiger partial charge in [-0.1, -0.05) is 51.8 Å². The van der Waals surface area contributed by atoms with E-state index in [0.717, 1.165) is 18.4 Å². The molecule has 17 heavy (non-hydrogen) atoms. The number of aromatic carboxylic acids is 1. The topological polar surface area (TPSA) is 37.3 Å². The van der Waals surface area contributed by atoms with Gasteiger partial charge in [-0.3, -0.25) is 0 Å². The lowest BCUT2D eigenvalue weighted by atomic mass is 9.91. The Balaban J connectivity index is 2.64. The Morgan fingerprint density at radius 1 is 1.18 bits per heavy atom. The maximum absolute atomic E-state index is 11.1. The largest absolute Gasteiger partial charge is 0.478 e. The van der Waals surface area contributed by atoms with Crippen molar-refractivity contribution in [2.45, 2.75) is 40.0 Å². The summed E-state index contributed by atoms with van der Waals surface area (Å²) in [5.74, 6) is 0.432. The second-order valence-electron chi connectivity index (χ2n) is 5.24. The minimum absolute atomic E-state index is 0.448. The normalized spacial score (nSPS) is 12.7. The lowest BCUT2D eigenvalue weighted by Gasteiger charge is -2.14. The van der Waals surface area contributed by atoms with Gasteiger partial charge in [0.15, 0.2) is 0 Å². The highest BCUT2D eigenvalue weighted by Gasteiger charge is 2.12. The Morgan fingerprint density at radius 2 is 1.82 bits per heavy atom. The number of benzene rings is 1. The zero-order chi connectivity index (χ0) is 12.8. The second kappa shape index (κ2) is 6.43. The molecule has 0 aromatic heterocycles. The highest BCUT2D eigenvalue weighted by molar-refractivity contribution is 5.89. The number of carboxylic acids is 1. The van der Waals surface area contributed by atoms with Crippen LogP contribution in [0.4, 0.5) is 0 Å². The van der Waals surface area contributed by atoms with Crippen LogP contribution in [0, 0.1) is 11.8 Å². The van der Waals surface area contributed by atoms with Crippen LogP contribution in [0.25, 0.3) is 0 Å². The van der Waals surface area contributed by atoms with Gasteiger partial charge >= 0.3 is 5.97 Å². The Hall–Kier alpha value is -1.31. The molecule has 94 valence electrons. The van der Waals surface area contributed by atoms with Crippen LogP contribution in [-0.4, -0.2) is 11.1 Å². The van der Waals surface area contributed by atoms with Gasteiger partial charge in [0.1, 0.15) is 0 Å². The van der Waals surface area contributed by atoms with Crippen LogP contribution in [0.2, 0.25) is 0 Å². The van der Waals surface area contributed by atoms with Crippen LogP contribution in [0.3, 0.4) is 0 Å². The number of hydrogen-bond donors (Lipinski definition) is 1. The van der Waals surface area contributed by atoms with E-state index in [1.165, 1.54) is 6.42 Å². The third-order valence-electron chi connectivity index (χ3n) is 3.05. The van der Waals surface area contributed by atoms with Crippen LogP contribution in [-0.2, 0) is 6.42 Å². The molecule has 0 aliphatic rings. The zero-order valence-electron chi connectivity index (χ0n) is 10.9. The number of carboxylic acid groups (broad SMARTS) is 1. The minimum Gasteiger partial charge on any atom is -0.478 e. The summed E-state index contributed by atoms with van der Waals surface area (Å²) in [4.78, 5) is 11.1. The molecule has 1 atom stereocenters. The molecular formula is C15H22O2. The van der Waals surface area contributed by atoms with Crippen molar-refractivity contribution in [1.29, 1.82) is 0 Å². The summed E-state index contributed by atoms with van der Waals surface area (Å²) >= 11 is 0. The van der Waals surface area contributed by atoms with Crippen LogP contribution in [0.5, 0.6) is 0 Å². The molecule has 1 unspecified atom stereocenters. The van der Waals surface area contributed by atoms with Crippen molar-refractivity contribution in [2.75, 3.05) is 0 Å². The molecule has 0 spiro atoms. The Labute approximate surface area is 104 Å². The summed E-state index contributed by atoms with van der Waals surface area (Å²) < 4.78 is 0. The van der Waals surface area contributed by atoms with Crippen molar-refractivity contribution in [3.8, 4) is 0 Å². The van der Waals surface area contributed by atoms with Crippen molar-refractivity contribution >= 4 is 5.97 Å². The molecule has 1 aromatic carbocycles. The fourth-order valence-electron chi connectivity index (χ4n) is 2.00. The lowest BCUT2D eigenvalue weighted by Crippen LogP contribution is -2.07. The van der Waals surface area contributed by atoms with Crippen molar-refractivity contribution in [2.24, 2.45) is 11.8 Å². The van der Waals surface area contributed by atoms with Crippen LogP contribution in [0.1, 0.15) is 49.5 Å². The lowest BCUT2D eigenvalue weighted by molar-refractivity contribution is 0.0695. The molecule has 0 fully saturated rings. The fourth-order valence-corrected chi connectivity index (χ4v) is 2.00. The van der Waals surface area contributed by atoms with Gasteiger partial charge in [0.2, 0.25) is 0 Å². The molecular weight excluding hydrogens is 212 g/mol. The first-order valence-corrected chi connectivity index (χ1v) is 6.32. The number of rotatable bonds is 6. The third kappa shape index (κ3) is 4.59. The molecule has 1 N–H and O–H groups in total. The van der Waals surface area contributed by atoms with Gasteiger partial charge in [-0.05, 0) is 29.9 Å². The highest BCUT2D eigenvalue weighted by atomic mass is 16.4. The molecule has 1 rings (SSSR count). The van der Waals surface area contributed by atoms with E-state index < -0.39 is 5.97 Å². The minimum atomic E-state index is -0.823. The van der Waals surface area contributed by atoms with Crippen molar-refractivity contribution < 1.29 is 9.90 Å². The fraction of sp³-hybridized carbons (Fsp3) is 0.533. The number of hydrogen-bond acceptors (Lipinski definition) is 1. The molecule has 1 aromatic rings. The molecule has 0 saturated carbocycles. The molecule has 0 radical (unpaired) electrons. The molecule has 0 aliphatic carbocycles. The maximum Gasteiger partial charge on any atom is 0.335 e. The summed E-state index contributed by atoms with van der Waals surface area (Å²) in [5.41, 5.74) is 1.40. The Bertz CT molecular complexity index is 369. The summed E-state index contributed by atoms with van der Waals surface area (Å²) in [7, 11) is 0. The molecule has 2 nitrogen and oxygen atoms in total. The first-order chi connectivity index (χ1) is 8.00. The zero-order valence-corrected chi connectivity index (χ0v) is 10.9. The van der Waals surface area contributed by atoms with E-state index in [2.05, 4.69) is 20.8 Å². The first kappa shape index (κ1) is 13.8. The van der Waals surface area contributed by atoms with Gasteiger partial charge in [-0.25, -0.2) is 4.79 Å². The molecule has 0 amide bonds. The van der Waals surface area contributed by atoms with Gasteiger partial charge in [0.25, 0.3) is 0 Å². The maximum atomic E-state index is 11.1. The van der Waals surface area contributed by atoms with Crippen molar-refractivity contribution in [3.63, 3.8) is 0 Å². The van der Waals surface area contributed by atoms with Gasteiger partial charge < -0.3 is 5.11 Å². The summed E-state index contributed by atoms with van der Waals surface area (Å²) in [6.07, 6.45) is 3.22. The Morgan fingerprint density at radius 3 is 2.41 bits per heavy atom. The van der Waals surface area contributed by atoms with E-state index >= 15 is 0 Å². The average molecular weight is 234 g/mol. The predicted molar refractivity (Wildman–Crippen MR) is 70.3 cm³/mol. The monoisotopic (exact) mass is 234 g/mol. The van der Waals surface area contributed by atoms with Gasteiger partial charge in [0, 0.05) is 0 Å². The summed E-state index contributed by atoms with van der Waals surface area (Å²) in [5, 5.41) is 9.10. The summed E-state index contributed by atoms with van der Waals surface area (Å²) in [6.45, 7) is 6.64. The van der Waals surface area contributed by atoms with E-state index in [-0.39, 0.29) is 0 Å². The molecule has 0 aliphatic heterocycles. The van der Waals surface area contributed by atoms with Gasteiger partial charge in [0.05, 0.1) is 5.56 Å². The van der Waals surface area contributed by atoms with E-state index in [0.29, 0.717) is 17.4 Å².